The average molecular weight is 283 g/mol. The molecule has 82 valence electrons. The van der Waals surface area contributed by atoms with Gasteiger partial charge < -0.3 is 15.2 Å². The van der Waals surface area contributed by atoms with Crippen molar-refractivity contribution in [3.05, 3.63) is 27.4 Å². The maximum Gasteiger partial charge on any atom is 0.406 e. The molecule has 15 heavy (non-hydrogen) atoms. The standard InChI is InChI=1S/C7H5BrF2N2O3/c8-2-3-1-4(6(9)10)5(13)7(11-3)12(14)15/h1,6,13H,2H2. The first-order chi connectivity index (χ1) is 6.97. The Balaban J connectivity index is 3.40. The molecule has 0 atom stereocenters. The third-order valence-corrected chi connectivity index (χ3v) is 2.18. The second kappa shape index (κ2) is 4.47. The number of hydrogen-bond acceptors (Lipinski definition) is 4. The van der Waals surface area contributed by atoms with Gasteiger partial charge in [0.05, 0.1) is 10.9 Å². The van der Waals surface area contributed by atoms with Crippen LogP contribution in [0.25, 0.3) is 0 Å². The minimum absolute atomic E-state index is 0.0646. The van der Waals surface area contributed by atoms with Gasteiger partial charge >= 0.3 is 5.82 Å². The lowest BCUT2D eigenvalue weighted by atomic mass is 10.2. The van der Waals surface area contributed by atoms with Crippen LogP contribution in [0, 0.1) is 10.1 Å². The second-order valence-electron chi connectivity index (χ2n) is 2.57. The minimum Gasteiger partial charge on any atom is -0.501 e. The van der Waals surface area contributed by atoms with Gasteiger partial charge in [-0.25, -0.2) is 8.78 Å². The first kappa shape index (κ1) is 11.8. The molecule has 1 aromatic rings. The monoisotopic (exact) mass is 282 g/mol. The number of pyridine rings is 1. The highest BCUT2D eigenvalue weighted by Crippen LogP contribution is 2.35. The highest BCUT2D eigenvalue weighted by Gasteiger charge is 2.26. The van der Waals surface area contributed by atoms with Crippen molar-refractivity contribution in [1.82, 2.24) is 4.98 Å². The molecule has 1 aromatic heterocycles. The Bertz CT molecular complexity index is 400. The van der Waals surface area contributed by atoms with E-state index in [0.29, 0.717) is 0 Å². The third-order valence-electron chi connectivity index (χ3n) is 1.60. The molecule has 1 rings (SSSR count). The van der Waals surface area contributed by atoms with E-state index in [0.717, 1.165) is 6.07 Å². The Hall–Kier alpha value is -1.31. The highest BCUT2D eigenvalue weighted by molar-refractivity contribution is 9.08. The summed E-state index contributed by atoms with van der Waals surface area (Å²) in [6.45, 7) is 0. The molecule has 0 aliphatic heterocycles. The fourth-order valence-corrected chi connectivity index (χ4v) is 1.25. The Labute approximate surface area is 91.0 Å². The summed E-state index contributed by atoms with van der Waals surface area (Å²) in [5.41, 5.74) is -0.721. The molecule has 0 aliphatic carbocycles. The second-order valence-corrected chi connectivity index (χ2v) is 3.13. The van der Waals surface area contributed by atoms with Gasteiger partial charge in [-0.1, -0.05) is 15.9 Å². The van der Waals surface area contributed by atoms with E-state index in [-0.39, 0.29) is 11.0 Å². The van der Waals surface area contributed by atoms with Gasteiger partial charge in [0.1, 0.15) is 0 Å². The maximum absolute atomic E-state index is 12.4. The van der Waals surface area contributed by atoms with E-state index in [1.807, 2.05) is 0 Å². The van der Waals surface area contributed by atoms with Crippen molar-refractivity contribution in [2.75, 3.05) is 0 Å². The molecular weight excluding hydrogens is 278 g/mol. The van der Waals surface area contributed by atoms with Crippen LogP contribution in [-0.2, 0) is 5.33 Å². The molecule has 0 aliphatic rings. The SMILES string of the molecule is O=[N+]([O-])c1nc(CBr)cc(C(F)F)c1O. The molecule has 0 aromatic carbocycles. The Morgan fingerprint density at radius 2 is 2.27 bits per heavy atom. The maximum atomic E-state index is 12.4. The largest absolute Gasteiger partial charge is 0.501 e. The van der Waals surface area contributed by atoms with Gasteiger partial charge in [-0.05, 0) is 16.0 Å². The molecule has 1 heterocycles. The molecule has 0 radical (unpaired) electrons. The van der Waals surface area contributed by atoms with Crippen molar-refractivity contribution < 1.29 is 18.8 Å². The zero-order valence-electron chi connectivity index (χ0n) is 7.15. The smallest absolute Gasteiger partial charge is 0.406 e. The van der Waals surface area contributed by atoms with Crippen molar-refractivity contribution in [3.8, 4) is 5.75 Å². The van der Waals surface area contributed by atoms with Crippen molar-refractivity contribution in [1.29, 1.82) is 0 Å². The van der Waals surface area contributed by atoms with Crippen LogP contribution in [0.2, 0.25) is 0 Å². The van der Waals surface area contributed by atoms with E-state index in [2.05, 4.69) is 20.9 Å². The summed E-state index contributed by atoms with van der Waals surface area (Å²) in [5.74, 6) is -2.04. The molecule has 0 saturated carbocycles. The Kier molecular flexibility index (Phi) is 3.51. The van der Waals surface area contributed by atoms with Gasteiger partial charge in [-0.15, -0.1) is 0 Å². The van der Waals surface area contributed by atoms with Crippen LogP contribution in [0.4, 0.5) is 14.6 Å². The number of nitro groups is 1. The van der Waals surface area contributed by atoms with Gasteiger partial charge in [0.25, 0.3) is 6.43 Å². The molecule has 0 spiro atoms. The van der Waals surface area contributed by atoms with Gasteiger partial charge in [0, 0.05) is 0 Å². The third kappa shape index (κ3) is 2.38. The number of aromatic hydroxyl groups is 1. The van der Waals surface area contributed by atoms with E-state index < -0.39 is 28.5 Å². The number of halogens is 3. The highest BCUT2D eigenvalue weighted by atomic mass is 79.9. The molecule has 0 bridgehead atoms. The average Bonchev–Trinajstić information content (AvgIpc) is 2.17. The van der Waals surface area contributed by atoms with E-state index >= 15 is 0 Å². The summed E-state index contributed by atoms with van der Waals surface area (Å²) < 4.78 is 24.7. The predicted molar refractivity (Wildman–Crippen MR) is 50.1 cm³/mol. The lowest BCUT2D eigenvalue weighted by molar-refractivity contribution is -0.390. The molecule has 1 N–H and O–H groups in total. The van der Waals surface area contributed by atoms with Gasteiger partial charge in [-0.3, -0.25) is 0 Å². The first-order valence-electron chi connectivity index (χ1n) is 3.68. The fraction of sp³-hybridized carbons (Fsp3) is 0.286. The lowest BCUT2D eigenvalue weighted by Crippen LogP contribution is -1.99. The van der Waals surface area contributed by atoms with Crippen LogP contribution in [0.5, 0.6) is 5.75 Å². The molecular formula is C7H5BrF2N2O3. The predicted octanol–water partition coefficient (Wildman–Crippen LogP) is 2.53. The minimum atomic E-state index is -2.98. The van der Waals surface area contributed by atoms with Crippen molar-refractivity contribution >= 4 is 21.7 Å². The molecule has 0 amide bonds. The quantitative estimate of drug-likeness (QED) is 0.525. The molecule has 5 nitrogen and oxygen atoms in total. The van der Waals surface area contributed by atoms with Crippen LogP contribution in [0.15, 0.2) is 6.07 Å². The van der Waals surface area contributed by atoms with Crippen molar-refractivity contribution in [2.24, 2.45) is 0 Å². The van der Waals surface area contributed by atoms with Crippen LogP contribution >= 0.6 is 15.9 Å². The van der Waals surface area contributed by atoms with Gasteiger partial charge in [0.15, 0.2) is 5.69 Å². The zero-order valence-corrected chi connectivity index (χ0v) is 8.74. The van der Waals surface area contributed by atoms with Crippen molar-refractivity contribution in [3.63, 3.8) is 0 Å². The van der Waals surface area contributed by atoms with E-state index in [4.69, 9.17) is 5.11 Å². The molecule has 8 heteroatoms. The lowest BCUT2D eigenvalue weighted by Gasteiger charge is -2.03. The van der Waals surface area contributed by atoms with Crippen molar-refractivity contribution in [2.45, 2.75) is 11.8 Å². The summed E-state index contributed by atoms with van der Waals surface area (Å²) in [6.07, 6.45) is -2.98. The Morgan fingerprint density at radius 1 is 1.67 bits per heavy atom. The number of nitrogens with zero attached hydrogens (tertiary/aromatic N) is 2. The number of alkyl halides is 3. The number of hydrogen-bond donors (Lipinski definition) is 1. The zero-order chi connectivity index (χ0) is 11.6. The van der Waals surface area contributed by atoms with E-state index in [1.54, 1.807) is 0 Å². The van der Waals surface area contributed by atoms with Crippen LogP contribution in [-0.4, -0.2) is 15.0 Å². The Morgan fingerprint density at radius 3 is 2.67 bits per heavy atom. The number of rotatable bonds is 3. The van der Waals surface area contributed by atoms with Gasteiger partial charge in [-0.2, -0.15) is 0 Å². The summed E-state index contributed by atoms with van der Waals surface area (Å²) in [5, 5.41) is 19.6. The van der Waals surface area contributed by atoms with Gasteiger partial charge in [0.2, 0.25) is 5.75 Å². The van der Waals surface area contributed by atoms with E-state index in [9.17, 15) is 18.9 Å². The summed E-state index contributed by atoms with van der Waals surface area (Å²) in [7, 11) is 0. The number of aromatic nitrogens is 1. The van der Waals surface area contributed by atoms with Crippen LogP contribution in [0.3, 0.4) is 0 Å². The fourth-order valence-electron chi connectivity index (χ4n) is 0.960. The molecule has 0 saturated heterocycles. The normalized spacial score (nSPS) is 10.7. The van der Waals surface area contributed by atoms with Crippen LogP contribution in [0.1, 0.15) is 17.7 Å². The summed E-state index contributed by atoms with van der Waals surface area (Å²) in [6, 6.07) is 0.918. The van der Waals surface area contributed by atoms with Crippen LogP contribution < -0.4 is 0 Å². The molecule has 0 fully saturated rings. The summed E-state index contributed by atoms with van der Waals surface area (Å²) >= 11 is 2.94. The first-order valence-corrected chi connectivity index (χ1v) is 4.80. The summed E-state index contributed by atoms with van der Waals surface area (Å²) in [4.78, 5) is 12.8. The topological polar surface area (TPSA) is 76.3 Å². The van der Waals surface area contributed by atoms with E-state index in [1.165, 1.54) is 0 Å². The molecule has 0 unspecified atom stereocenters.